The monoisotopic (exact) mass is 261 g/mol. The molecule has 2 saturated heterocycles. The van der Waals surface area contributed by atoms with E-state index in [1.165, 1.54) is 12.8 Å². The van der Waals surface area contributed by atoms with Crippen LogP contribution in [0.5, 0.6) is 5.75 Å². The third-order valence-corrected chi connectivity index (χ3v) is 4.97. The Hall–Kier alpha value is -1.06. The van der Waals surface area contributed by atoms with Crippen LogP contribution in [0.3, 0.4) is 0 Å². The molecule has 0 saturated carbocycles. The van der Waals surface area contributed by atoms with Crippen LogP contribution < -0.4 is 4.74 Å². The highest BCUT2D eigenvalue weighted by Crippen LogP contribution is 2.42. The number of rotatable bonds is 2. The minimum Gasteiger partial charge on any atom is -0.497 e. The van der Waals surface area contributed by atoms with Gasteiger partial charge in [-0.1, -0.05) is 19.1 Å². The van der Waals surface area contributed by atoms with E-state index in [4.69, 9.17) is 4.74 Å². The molecule has 1 aromatic rings. The summed E-state index contributed by atoms with van der Waals surface area (Å²) in [5, 5.41) is 11.1. The van der Waals surface area contributed by atoms with Gasteiger partial charge in [0.2, 0.25) is 0 Å². The number of methoxy groups -OCH3 is 1. The highest BCUT2D eigenvalue weighted by atomic mass is 16.5. The molecule has 3 heteroatoms. The number of piperidine rings is 1. The molecule has 2 fully saturated rings. The summed E-state index contributed by atoms with van der Waals surface area (Å²) >= 11 is 0. The minimum atomic E-state index is -0.715. The van der Waals surface area contributed by atoms with Gasteiger partial charge in [-0.25, -0.2) is 0 Å². The fourth-order valence-electron chi connectivity index (χ4n) is 3.69. The Morgan fingerprint density at radius 3 is 2.74 bits per heavy atom. The smallest absolute Gasteiger partial charge is 0.118 e. The Morgan fingerprint density at radius 2 is 2.05 bits per heavy atom. The minimum absolute atomic E-state index is 0.306. The fourth-order valence-corrected chi connectivity index (χ4v) is 3.69. The van der Waals surface area contributed by atoms with Gasteiger partial charge in [-0.2, -0.15) is 0 Å². The first-order valence-electron chi connectivity index (χ1n) is 7.24. The second kappa shape index (κ2) is 4.80. The van der Waals surface area contributed by atoms with Crippen molar-refractivity contribution in [1.29, 1.82) is 0 Å². The quantitative estimate of drug-likeness (QED) is 0.887. The zero-order valence-electron chi connectivity index (χ0n) is 11.8. The normalized spacial score (nSPS) is 35.1. The van der Waals surface area contributed by atoms with Crippen LogP contribution in [-0.4, -0.2) is 36.2 Å². The summed E-state index contributed by atoms with van der Waals surface area (Å²) in [7, 11) is 1.67. The maximum Gasteiger partial charge on any atom is 0.118 e. The summed E-state index contributed by atoms with van der Waals surface area (Å²) in [6.07, 6.45) is 3.67. The lowest BCUT2D eigenvalue weighted by Gasteiger charge is -2.46. The van der Waals surface area contributed by atoms with Crippen molar-refractivity contribution in [3.63, 3.8) is 0 Å². The molecular weight excluding hydrogens is 238 g/mol. The van der Waals surface area contributed by atoms with Crippen molar-refractivity contribution >= 4 is 0 Å². The molecule has 2 unspecified atom stereocenters. The average molecular weight is 261 g/mol. The number of nitrogens with zero attached hydrogens (tertiary/aromatic N) is 1. The lowest BCUT2D eigenvalue weighted by atomic mass is 9.75. The predicted molar refractivity (Wildman–Crippen MR) is 75.3 cm³/mol. The standard InChI is InChI=1S/C16H23NO2/c1-12-10-14-4-3-9-17(14)11-16(12,18)13-5-7-15(19-2)8-6-13/h5-8,12,14,18H,3-4,9-11H2,1-2H3/t12?,14-,16?/m0/s1. The van der Waals surface area contributed by atoms with E-state index < -0.39 is 5.60 Å². The topological polar surface area (TPSA) is 32.7 Å². The van der Waals surface area contributed by atoms with E-state index >= 15 is 0 Å². The lowest BCUT2D eigenvalue weighted by Crippen LogP contribution is -2.53. The van der Waals surface area contributed by atoms with Gasteiger partial charge in [-0.05, 0) is 49.4 Å². The van der Waals surface area contributed by atoms with E-state index in [9.17, 15) is 5.11 Å². The Balaban J connectivity index is 1.87. The summed E-state index contributed by atoms with van der Waals surface area (Å²) in [6, 6.07) is 8.58. The number of hydrogen-bond donors (Lipinski definition) is 1. The Bertz CT molecular complexity index is 445. The molecule has 0 aromatic heterocycles. The van der Waals surface area contributed by atoms with Gasteiger partial charge in [0.15, 0.2) is 0 Å². The van der Waals surface area contributed by atoms with Gasteiger partial charge in [0.1, 0.15) is 11.4 Å². The SMILES string of the molecule is COc1ccc(C2(O)CN3CCC[C@H]3CC2C)cc1. The van der Waals surface area contributed by atoms with Crippen LogP contribution in [-0.2, 0) is 5.60 Å². The molecule has 104 valence electrons. The third-order valence-electron chi connectivity index (χ3n) is 4.97. The summed E-state index contributed by atoms with van der Waals surface area (Å²) in [6.45, 7) is 4.08. The van der Waals surface area contributed by atoms with E-state index in [0.717, 1.165) is 30.8 Å². The maximum absolute atomic E-state index is 11.1. The highest BCUT2D eigenvalue weighted by molar-refractivity contribution is 5.32. The zero-order valence-corrected chi connectivity index (χ0v) is 11.8. The number of hydrogen-bond acceptors (Lipinski definition) is 3. The van der Waals surface area contributed by atoms with E-state index in [-0.39, 0.29) is 0 Å². The lowest BCUT2D eigenvalue weighted by molar-refractivity contribution is -0.0867. The van der Waals surface area contributed by atoms with E-state index in [1.807, 2.05) is 24.3 Å². The Labute approximate surface area is 115 Å². The van der Waals surface area contributed by atoms with Gasteiger partial charge in [0.25, 0.3) is 0 Å². The van der Waals surface area contributed by atoms with Crippen LogP contribution in [0.25, 0.3) is 0 Å². The van der Waals surface area contributed by atoms with Crippen molar-refractivity contribution in [3.8, 4) is 5.75 Å². The van der Waals surface area contributed by atoms with Crippen LogP contribution in [0.1, 0.15) is 31.7 Å². The van der Waals surface area contributed by atoms with Crippen LogP contribution in [0.4, 0.5) is 0 Å². The largest absolute Gasteiger partial charge is 0.497 e. The summed E-state index contributed by atoms with van der Waals surface area (Å²) < 4.78 is 5.19. The molecular formula is C16H23NO2. The molecule has 1 aromatic carbocycles. The molecule has 0 bridgehead atoms. The van der Waals surface area contributed by atoms with Gasteiger partial charge in [-0.3, -0.25) is 4.90 Å². The van der Waals surface area contributed by atoms with Gasteiger partial charge < -0.3 is 9.84 Å². The van der Waals surface area contributed by atoms with E-state index in [1.54, 1.807) is 7.11 Å². The van der Waals surface area contributed by atoms with Crippen LogP contribution >= 0.6 is 0 Å². The number of ether oxygens (including phenoxy) is 1. The Morgan fingerprint density at radius 1 is 1.32 bits per heavy atom. The van der Waals surface area contributed by atoms with Crippen molar-refractivity contribution in [2.45, 2.75) is 37.8 Å². The van der Waals surface area contributed by atoms with Crippen molar-refractivity contribution < 1.29 is 9.84 Å². The molecule has 3 rings (SSSR count). The highest BCUT2D eigenvalue weighted by Gasteiger charge is 2.45. The number of aliphatic hydroxyl groups is 1. The van der Waals surface area contributed by atoms with Crippen molar-refractivity contribution in [2.75, 3.05) is 20.2 Å². The molecule has 3 atom stereocenters. The molecule has 0 aliphatic carbocycles. The van der Waals surface area contributed by atoms with Crippen molar-refractivity contribution in [1.82, 2.24) is 4.90 Å². The average Bonchev–Trinajstić information content (AvgIpc) is 2.86. The van der Waals surface area contributed by atoms with E-state index in [2.05, 4.69) is 11.8 Å². The van der Waals surface area contributed by atoms with Crippen LogP contribution in [0, 0.1) is 5.92 Å². The van der Waals surface area contributed by atoms with Crippen molar-refractivity contribution in [3.05, 3.63) is 29.8 Å². The van der Waals surface area contributed by atoms with Gasteiger partial charge in [0, 0.05) is 12.6 Å². The second-order valence-electron chi connectivity index (χ2n) is 6.06. The zero-order chi connectivity index (χ0) is 13.5. The molecule has 0 amide bonds. The first-order valence-corrected chi connectivity index (χ1v) is 7.24. The fraction of sp³-hybridized carbons (Fsp3) is 0.625. The predicted octanol–water partition coefficient (Wildman–Crippen LogP) is 2.39. The summed E-state index contributed by atoms with van der Waals surface area (Å²) in [5.41, 5.74) is 0.304. The van der Waals surface area contributed by atoms with E-state index in [0.29, 0.717) is 12.0 Å². The summed E-state index contributed by atoms with van der Waals surface area (Å²) in [5.74, 6) is 1.15. The number of benzene rings is 1. The van der Waals surface area contributed by atoms with Crippen LogP contribution in [0.2, 0.25) is 0 Å². The summed E-state index contributed by atoms with van der Waals surface area (Å²) in [4.78, 5) is 2.46. The van der Waals surface area contributed by atoms with Crippen LogP contribution in [0.15, 0.2) is 24.3 Å². The maximum atomic E-state index is 11.1. The molecule has 2 heterocycles. The molecule has 0 radical (unpaired) electrons. The second-order valence-corrected chi connectivity index (χ2v) is 6.06. The molecule has 0 spiro atoms. The first kappa shape index (κ1) is 12.9. The Kier molecular flexibility index (Phi) is 3.27. The first-order chi connectivity index (χ1) is 9.13. The third kappa shape index (κ3) is 2.15. The molecule has 1 N–H and O–H groups in total. The van der Waals surface area contributed by atoms with Gasteiger partial charge in [0.05, 0.1) is 7.11 Å². The molecule has 19 heavy (non-hydrogen) atoms. The van der Waals surface area contributed by atoms with Gasteiger partial charge in [-0.15, -0.1) is 0 Å². The molecule has 2 aliphatic rings. The van der Waals surface area contributed by atoms with Gasteiger partial charge >= 0.3 is 0 Å². The van der Waals surface area contributed by atoms with Crippen molar-refractivity contribution in [2.24, 2.45) is 5.92 Å². The molecule has 3 nitrogen and oxygen atoms in total. The number of fused-ring (bicyclic) bond motifs is 1. The molecule has 2 aliphatic heterocycles.